The van der Waals surface area contributed by atoms with Gasteiger partial charge in [0.25, 0.3) is 11.8 Å². The number of aromatic nitrogens is 1. The number of hydrogen-bond acceptors (Lipinski definition) is 4. The van der Waals surface area contributed by atoms with Crippen LogP contribution in [0.4, 0.5) is 4.39 Å². The number of pyridine rings is 1. The Hall–Kier alpha value is -2.96. The van der Waals surface area contributed by atoms with Crippen LogP contribution in [-0.2, 0) is 4.79 Å². The number of ether oxygens (including phenoxy) is 1. The Morgan fingerprint density at radius 3 is 2.52 bits per heavy atom. The molecule has 2 amide bonds. The number of para-hydroxylation sites is 1. The maximum atomic E-state index is 13.7. The van der Waals surface area contributed by atoms with Gasteiger partial charge in [0.1, 0.15) is 0 Å². The van der Waals surface area contributed by atoms with Crippen LogP contribution in [0.1, 0.15) is 54.1 Å². The van der Waals surface area contributed by atoms with Crippen molar-refractivity contribution < 1.29 is 18.7 Å². The summed E-state index contributed by atoms with van der Waals surface area (Å²) in [6, 6.07) is 9.83. The fraction of sp³-hybridized carbons (Fsp3) is 0.458. The van der Waals surface area contributed by atoms with E-state index >= 15 is 0 Å². The molecule has 2 fully saturated rings. The molecule has 0 aliphatic carbocycles. The van der Waals surface area contributed by atoms with Crippen molar-refractivity contribution in [1.29, 1.82) is 0 Å². The van der Waals surface area contributed by atoms with Crippen molar-refractivity contribution in [3.63, 3.8) is 0 Å². The minimum Gasteiger partial charge on any atom is -0.481 e. The SMILES string of the molecule is O=C(COc1ccccc1F)N1CCCC(c2ccc(C(=O)N3CCCCC3)cn2)C1. The Morgan fingerprint density at radius 2 is 1.77 bits per heavy atom. The summed E-state index contributed by atoms with van der Waals surface area (Å²) in [4.78, 5) is 33.4. The quantitative estimate of drug-likeness (QED) is 0.734. The zero-order valence-corrected chi connectivity index (χ0v) is 17.6. The largest absolute Gasteiger partial charge is 0.481 e. The second-order valence-corrected chi connectivity index (χ2v) is 8.22. The molecule has 4 rings (SSSR count). The molecule has 2 saturated heterocycles. The predicted molar refractivity (Wildman–Crippen MR) is 114 cm³/mol. The lowest BCUT2D eigenvalue weighted by atomic mass is 9.94. The van der Waals surface area contributed by atoms with E-state index in [1.165, 1.54) is 18.6 Å². The van der Waals surface area contributed by atoms with Gasteiger partial charge in [-0.1, -0.05) is 12.1 Å². The summed E-state index contributed by atoms with van der Waals surface area (Å²) in [5, 5.41) is 0. The Kier molecular flexibility index (Phi) is 6.79. The highest BCUT2D eigenvalue weighted by atomic mass is 19.1. The van der Waals surface area contributed by atoms with E-state index in [1.807, 2.05) is 17.0 Å². The molecule has 1 unspecified atom stereocenters. The highest BCUT2D eigenvalue weighted by Gasteiger charge is 2.26. The second-order valence-electron chi connectivity index (χ2n) is 8.22. The third kappa shape index (κ3) is 5.21. The molecule has 7 heteroatoms. The first kappa shape index (κ1) is 21.3. The number of rotatable bonds is 5. The molecule has 0 spiro atoms. The molecule has 1 atom stereocenters. The van der Waals surface area contributed by atoms with E-state index in [0.29, 0.717) is 18.7 Å². The zero-order chi connectivity index (χ0) is 21.6. The highest BCUT2D eigenvalue weighted by molar-refractivity contribution is 5.94. The molecule has 6 nitrogen and oxygen atoms in total. The first-order valence-electron chi connectivity index (χ1n) is 11.0. The van der Waals surface area contributed by atoms with E-state index in [2.05, 4.69) is 4.98 Å². The van der Waals surface area contributed by atoms with Crippen LogP contribution < -0.4 is 4.74 Å². The van der Waals surface area contributed by atoms with Gasteiger partial charge in [-0.2, -0.15) is 0 Å². The first-order valence-corrected chi connectivity index (χ1v) is 11.0. The van der Waals surface area contributed by atoms with Crippen molar-refractivity contribution >= 4 is 11.8 Å². The molecular formula is C24H28FN3O3. The van der Waals surface area contributed by atoms with E-state index in [4.69, 9.17) is 4.74 Å². The summed E-state index contributed by atoms with van der Waals surface area (Å²) in [5.41, 5.74) is 1.51. The lowest BCUT2D eigenvalue weighted by Gasteiger charge is -2.32. The number of likely N-dealkylation sites (tertiary alicyclic amines) is 2. The van der Waals surface area contributed by atoms with Gasteiger partial charge in [-0.3, -0.25) is 14.6 Å². The number of carbonyl (C=O) groups is 2. The fourth-order valence-electron chi connectivity index (χ4n) is 4.29. The molecule has 3 heterocycles. The number of piperidine rings is 2. The smallest absolute Gasteiger partial charge is 0.260 e. The van der Waals surface area contributed by atoms with E-state index in [9.17, 15) is 14.0 Å². The highest BCUT2D eigenvalue weighted by Crippen LogP contribution is 2.26. The average molecular weight is 426 g/mol. The fourth-order valence-corrected chi connectivity index (χ4v) is 4.29. The van der Waals surface area contributed by atoms with Crippen LogP contribution in [0.3, 0.4) is 0 Å². The van der Waals surface area contributed by atoms with Gasteiger partial charge in [0, 0.05) is 44.0 Å². The second kappa shape index (κ2) is 9.90. The van der Waals surface area contributed by atoms with Crippen molar-refractivity contribution in [1.82, 2.24) is 14.8 Å². The van der Waals surface area contributed by atoms with Gasteiger partial charge in [-0.25, -0.2) is 4.39 Å². The molecule has 2 aliphatic heterocycles. The predicted octanol–water partition coefficient (Wildman–Crippen LogP) is 3.63. The minimum atomic E-state index is -0.477. The van der Waals surface area contributed by atoms with Crippen LogP contribution in [0.5, 0.6) is 5.75 Å². The standard InChI is InChI=1S/C24H28FN3O3/c25-20-8-2-3-9-22(20)31-17-23(29)28-14-6-7-19(16-28)21-11-10-18(15-26-21)24(30)27-12-4-1-5-13-27/h2-3,8-11,15,19H,1,4-7,12-14,16-17H2. The molecule has 0 saturated carbocycles. The Labute approximate surface area is 182 Å². The van der Waals surface area contributed by atoms with Crippen molar-refractivity contribution in [2.24, 2.45) is 0 Å². The summed E-state index contributed by atoms with van der Waals surface area (Å²) in [7, 11) is 0. The molecule has 0 radical (unpaired) electrons. The third-order valence-electron chi connectivity index (χ3n) is 6.06. The minimum absolute atomic E-state index is 0.0458. The maximum Gasteiger partial charge on any atom is 0.260 e. The van der Waals surface area contributed by atoms with Gasteiger partial charge < -0.3 is 14.5 Å². The van der Waals surface area contributed by atoms with Crippen molar-refractivity contribution in [3.05, 3.63) is 59.7 Å². The van der Waals surface area contributed by atoms with Crippen LogP contribution in [0.2, 0.25) is 0 Å². The van der Waals surface area contributed by atoms with Crippen LogP contribution in [0.25, 0.3) is 0 Å². The van der Waals surface area contributed by atoms with Gasteiger partial charge >= 0.3 is 0 Å². The first-order chi connectivity index (χ1) is 15.1. The molecule has 0 bridgehead atoms. The Morgan fingerprint density at radius 1 is 1.00 bits per heavy atom. The number of carbonyl (C=O) groups excluding carboxylic acids is 2. The third-order valence-corrected chi connectivity index (χ3v) is 6.06. The molecular weight excluding hydrogens is 397 g/mol. The van der Waals surface area contributed by atoms with Crippen molar-refractivity contribution in [2.75, 3.05) is 32.8 Å². The normalized spacial score (nSPS) is 19.2. The summed E-state index contributed by atoms with van der Waals surface area (Å²) < 4.78 is 19.1. The zero-order valence-electron chi connectivity index (χ0n) is 17.6. The van der Waals surface area contributed by atoms with Crippen molar-refractivity contribution in [2.45, 2.75) is 38.0 Å². The van der Waals surface area contributed by atoms with E-state index < -0.39 is 5.82 Å². The maximum absolute atomic E-state index is 13.7. The van der Waals surface area contributed by atoms with Crippen LogP contribution in [0.15, 0.2) is 42.6 Å². The Bertz CT molecular complexity index is 913. The summed E-state index contributed by atoms with van der Waals surface area (Å²) in [5.74, 6) is -0.394. The van der Waals surface area contributed by atoms with Crippen molar-refractivity contribution in [3.8, 4) is 5.75 Å². The summed E-state index contributed by atoms with van der Waals surface area (Å²) in [6.07, 6.45) is 6.77. The van der Waals surface area contributed by atoms with Crippen LogP contribution in [0, 0.1) is 5.82 Å². The molecule has 2 aromatic rings. The topological polar surface area (TPSA) is 62.7 Å². The van der Waals surface area contributed by atoms with Gasteiger partial charge in [0.05, 0.1) is 5.56 Å². The molecule has 164 valence electrons. The summed E-state index contributed by atoms with van der Waals surface area (Å²) in [6.45, 7) is 2.64. The van der Waals surface area contributed by atoms with Crippen LogP contribution in [-0.4, -0.2) is 59.4 Å². The lowest BCUT2D eigenvalue weighted by molar-refractivity contribution is -0.134. The number of benzene rings is 1. The molecule has 0 N–H and O–H groups in total. The Balaban J connectivity index is 1.34. The molecule has 1 aromatic heterocycles. The van der Waals surface area contributed by atoms with Gasteiger partial charge in [0.2, 0.25) is 0 Å². The van der Waals surface area contributed by atoms with Gasteiger partial charge in [-0.05, 0) is 56.4 Å². The molecule has 1 aromatic carbocycles. The summed E-state index contributed by atoms with van der Waals surface area (Å²) >= 11 is 0. The van der Waals surface area contributed by atoms with E-state index in [0.717, 1.165) is 44.5 Å². The monoisotopic (exact) mass is 425 g/mol. The lowest BCUT2D eigenvalue weighted by Crippen LogP contribution is -2.41. The molecule has 2 aliphatic rings. The van der Waals surface area contributed by atoms with Crippen LogP contribution >= 0.6 is 0 Å². The average Bonchev–Trinajstić information content (AvgIpc) is 2.83. The number of hydrogen-bond donors (Lipinski definition) is 0. The number of amides is 2. The van der Waals surface area contributed by atoms with E-state index in [-0.39, 0.29) is 30.1 Å². The van der Waals surface area contributed by atoms with E-state index in [1.54, 1.807) is 23.2 Å². The number of halogens is 1. The molecule has 31 heavy (non-hydrogen) atoms. The van der Waals surface area contributed by atoms with Gasteiger partial charge in [0.15, 0.2) is 18.2 Å². The number of nitrogens with zero attached hydrogens (tertiary/aromatic N) is 3. The van der Waals surface area contributed by atoms with Gasteiger partial charge in [-0.15, -0.1) is 0 Å².